The molecule has 1 aliphatic rings. The molecule has 2 heteroatoms. The average molecular weight is 205 g/mol. The molecule has 78 valence electrons. The fourth-order valence-corrected chi connectivity index (χ4v) is 2.22. The molecule has 0 aliphatic carbocycles. The lowest BCUT2D eigenvalue weighted by Gasteiger charge is -2.22. The van der Waals surface area contributed by atoms with Crippen LogP contribution in [0.4, 0.5) is 0 Å². The third-order valence-corrected chi connectivity index (χ3v) is 3.03. The monoisotopic (exact) mass is 205 g/mol. The second kappa shape index (κ2) is 3.70. The zero-order chi connectivity index (χ0) is 14.4. The number of H-pyrrole nitrogens is 1. The Hall–Kier alpha value is -1.28. The van der Waals surface area contributed by atoms with Crippen LogP contribution >= 0.6 is 0 Å². The Bertz CT molecular complexity index is 673. The number of piperidine rings is 1. The summed E-state index contributed by atoms with van der Waals surface area (Å²) in [4.78, 5) is 2.84. The van der Waals surface area contributed by atoms with Crippen LogP contribution in [-0.4, -0.2) is 18.1 Å². The Kier molecular flexibility index (Phi) is 1.28. The van der Waals surface area contributed by atoms with Gasteiger partial charge in [0, 0.05) is 17.1 Å². The van der Waals surface area contributed by atoms with Gasteiger partial charge in [-0.15, -0.1) is 0 Å². The molecule has 0 atom stereocenters. The van der Waals surface area contributed by atoms with Crippen LogP contribution in [0.3, 0.4) is 0 Å². The second-order valence-electron chi connectivity index (χ2n) is 3.94. The van der Waals surface area contributed by atoms with Gasteiger partial charge in [-0.05, 0) is 43.5 Å². The van der Waals surface area contributed by atoms with Gasteiger partial charge in [0.25, 0.3) is 0 Å². The molecule has 1 saturated heterocycles. The van der Waals surface area contributed by atoms with Crippen molar-refractivity contribution >= 4 is 10.9 Å². The van der Waals surface area contributed by atoms with Crippen molar-refractivity contribution in [3.05, 3.63) is 35.9 Å². The predicted octanol–water partition coefficient (Wildman–Crippen LogP) is 2.63. The lowest BCUT2D eigenvalue weighted by molar-refractivity contribution is 0.462. The minimum absolute atomic E-state index is 0.0377. The first-order valence-electron chi connectivity index (χ1n) is 7.81. The molecule has 2 heterocycles. The number of aromatic amines is 1. The van der Waals surface area contributed by atoms with E-state index in [1.54, 1.807) is 0 Å². The van der Waals surface area contributed by atoms with Crippen molar-refractivity contribution in [3.63, 3.8) is 0 Å². The van der Waals surface area contributed by atoms with Gasteiger partial charge in [-0.3, -0.25) is 0 Å². The number of benzene rings is 1. The van der Waals surface area contributed by atoms with Gasteiger partial charge in [0.2, 0.25) is 0 Å². The van der Waals surface area contributed by atoms with Crippen LogP contribution < -0.4 is 5.32 Å². The minimum atomic E-state index is -0.249. The first-order chi connectivity index (χ1) is 9.52. The molecule has 2 N–H and O–H groups in total. The normalized spacial score (nSPS) is 23.1. The summed E-state index contributed by atoms with van der Waals surface area (Å²) in [7, 11) is 0. The number of hydrogen-bond donors (Lipinski definition) is 2. The van der Waals surface area contributed by atoms with Crippen LogP contribution in [0.15, 0.2) is 30.3 Å². The van der Waals surface area contributed by atoms with E-state index in [1.807, 2.05) is 0 Å². The molecule has 0 unspecified atom stereocenters. The summed E-state index contributed by atoms with van der Waals surface area (Å²) in [5.74, 6) is 0.178. The Morgan fingerprint density at radius 1 is 1.20 bits per heavy atom. The molecule has 1 fully saturated rings. The second-order valence-corrected chi connectivity index (χ2v) is 3.94. The van der Waals surface area contributed by atoms with E-state index in [4.69, 9.17) is 6.85 Å². The van der Waals surface area contributed by atoms with Crippen LogP contribution in [0, 0.1) is 0 Å². The Balaban J connectivity index is 2.29. The molecule has 3 rings (SSSR count). The lowest BCUT2D eigenvalue weighted by atomic mass is 9.90. The van der Waals surface area contributed by atoms with Gasteiger partial charge in [0.05, 0.1) is 6.85 Å². The quantitative estimate of drug-likeness (QED) is 0.736. The molecular formula is C13H16N2. The highest BCUT2D eigenvalue weighted by molar-refractivity contribution is 5.83. The molecule has 1 aromatic heterocycles. The summed E-state index contributed by atoms with van der Waals surface area (Å²) in [5, 5.41) is 3.76. The fraction of sp³-hybridized carbons (Fsp3) is 0.385. The number of para-hydroxylation sites is 1. The number of nitrogens with one attached hydrogen (secondary N) is 2. The van der Waals surface area contributed by atoms with Gasteiger partial charge in [-0.1, -0.05) is 18.1 Å². The number of hydrogen-bond acceptors (Lipinski definition) is 1. The third-order valence-electron chi connectivity index (χ3n) is 3.03. The van der Waals surface area contributed by atoms with Crippen molar-refractivity contribution in [1.82, 2.24) is 10.3 Å². The van der Waals surface area contributed by atoms with Gasteiger partial charge in [-0.2, -0.15) is 0 Å². The van der Waals surface area contributed by atoms with Gasteiger partial charge in [0.1, 0.15) is 0 Å². The van der Waals surface area contributed by atoms with E-state index in [0.717, 1.165) is 31.5 Å². The molecule has 15 heavy (non-hydrogen) atoms. The topological polar surface area (TPSA) is 27.8 Å². The lowest BCUT2D eigenvalue weighted by Crippen LogP contribution is -2.26. The molecule has 1 aliphatic heterocycles. The molecule has 0 spiro atoms. The summed E-state index contributed by atoms with van der Waals surface area (Å²) < 4.78 is 39.6. The van der Waals surface area contributed by atoms with Crippen LogP contribution in [0.5, 0.6) is 0 Å². The first-order valence-corrected chi connectivity index (χ1v) is 5.31. The van der Waals surface area contributed by atoms with E-state index < -0.39 is 0 Å². The fourth-order valence-electron chi connectivity index (χ4n) is 2.22. The van der Waals surface area contributed by atoms with E-state index in [-0.39, 0.29) is 36.3 Å². The summed E-state index contributed by atoms with van der Waals surface area (Å²) in [5.41, 5.74) is 1.10. The SMILES string of the molecule is [2H]c1[nH]c2c([2H])c([2H])c([2H])c([2H])c2c1C1CCNCC1. The smallest absolute Gasteiger partial charge is 0.0819 e. The van der Waals surface area contributed by atoms with Crippen LogP contribution in [0.2, 0.25) is 0 Å². The van der Waals surface area contributed by atoms with Crippen molar-refractivity contribution in [1.29, 1.82) is 0 Å². The van der Waals surface area contributed by atoms with Crippen LogP contribution in [0.25, 0.3) is 10.9 Å². The molecule has 0 radical (unpaired) electrons. The number of fused-ring (bicyclic) bond motifs is 1. The van der Waals surface area contributed by atoms with Crippen molar-refractivity contribution in [2.45, 2.75) is 18.8 Å². The highest BCUT2D eigenvalue weighted by Gasteiger charge is 2.17. The van der Waals surface area contributed by atoms with E-state index >= 15 is 0 Å². The standard InChI is InChI=1S/C13H16N2/c1-2-4-13-11(3-1)12(9-15-13)10-5-7-14-8-6-10/h1-4,9-10,14-15H,5-8H2/i1D,2D,3D,4D,9D. The maximum atomic E-state index is 8.10. The molecule has 1 aromatic carbocycles. The van der Waals surface area contributed by atoms with E-state index in [0.29, 0.717) is 10.9 Å². The molecule has 2 aromatic rings. The molecule has 0 amide bonds. The van der Waals surface area contributed by atoms with Crippen molar-refractivity contribution in [3.8, 4) is 0 Å². The first kappa shape index (κ1) is 5.17. The summed E-state index contributed by atoms with van der Waals surface area (Å²) in [6.45, 7) is 1.75. The summed E-state index contributed by atoms with van der Waals surface area (Å²) in [6.07, 6.45) is 2.00. The summed E-state index contributed by atoms with van der Waals surface area (Å²) >= 11 is 0. The Labute approximate surface area is 96.7 Å². The van der Waals surface area contributed by atoms with Crippen molar-refractivity contribution in [2.24, 2.45) is 0 Å². The zero-order valence-electron chi connectivity index (χ0n) is 13.4. The van der Waals surface area contributed by atoms with Gasteiger partial charge < -0.3 is 10.3 Å². The maximum absolute atomic E-state index is 8.10. The molecular weight excluding hydrogens is 184 g/mol. The average Bonchev–Trinajstić information content (AvgIpc) is 2.81. The van der Waals surface area contributed by atoms with E-state index in [9.17, 15) is 0 Å². The van der Waals surface area contributed by atoms with E-state index in [2.05, 4.69) is 10.3 Å². The largest absolute Gasteiger partial charge is 0.361 e. The van der Waals surface area contributed by atoms with Gasteiger partial charge in [-0.25, -0.2) is 0 Å². The molecule has 0 bridgehead atoms. The Morgan fingerprint density at radius 3 is 2.87 bits per heavy atom. The van der Waals surface area contributed by atoms with Crippen molar-refractivity contribution < 1.29 is 6.85 Å². The minimum Gasteiger partial charge on any atom is -0.361 e. The molecule has 2 nitrogen and oxygen atoms in total. The summed E-state index contributed by atoms with van der Waals surface area (Å²) in [6, 6.07) is -0.601. The van der Waals surface area contributed by atoms with Gasteiger partial charge in [0.15, 0.2) is 0 Å². The molecule has 0 saturated carbocycles. The van der Waals surface area contributed by atoms with Crippen LogP contribution in [-0.2, 0) is 0 Å². The van der Waals surface area contributed by atoms with Crippen LogP contribution in [0.1, 0.15) is 31.2 Å². The number of rotatable bonds is 1. The Morgan fingerprint density at radius 2 is 2.00 bits per heavy atom. The number of aromatic nitrogens is 1. The third kappa shape index (κ3) is 1.55. The highest BCUT2D eigenvalue weighted by Crippen LogP contribution is 2.30. The zero-order valence-corrected chi connectivity index (χ0v) is 8.41. The van der Waals surface area contributed by atoms with Gasteiger partial charge >= 0.3 is 0 Å². The predicted molar refractivity (Wildman–Crippen MR) is 63.1 cm³/mol. The highest BCUT2D eigenvalue weighted by atomic mass is 14.9. The van der Waals surface area contributed by atoms with Crippen molar-refractivity contribution in [2.75, 3.05) is 13.1 Å². The van der Waals surface area contributed by atoms with E-state index in [1.165, 1.54) is 0 Å². The maximum Gasteiger partial charge on any atom is 0.0819 e.